The molecule has 92 valence electrons. The highest BCUT2D eigenvalue weighted by molar-refractivity contribution is 7.87. The van der Waals surface area contributed by atoms with E-state index in [9.17, 15) is 21.6 Å². The maximum atomic E-state index is 12.0. The summed E-state index contributed by atoms with van der Waals surface area (Å²) in [5, 5.41) is 0. The molecule has 0 aliphatic carbocycles. The van der Waals surface area contributed by atoms with Gasteiger partial charge >= 0.3 is 15.6 Å². The van der Waals surface area contributed by atoms with E-state index in [0.717, 1.165) is 0 Å². The lowest BCUT2D eigenvalue weighted by Crippen LogP contribution is -2.36. The van der Waals surface area contributed by atoms with Gasteiger partial charge in [-0.05, 0) is 6.08 Å². The van der Waals surface area contributed by atoms with Gasteiger partial charge in [0.25, 0.3) is 0 Å². The van der Waals surface area contributed by atoms with Crippen molar-refractivity contribution in [3.8, 4) is 0 Å². The first kappa shape index (κ1) is 11.7. The predicted octanol–water partition coefficient (Wildman–Crippen LogP) is 0.532. The minimum atomic E-state index is -5.61. The molecule has 0 aromatic heterocycles. The topological polar surface area (TPSA) is 61.8 Å². The lowest BCUT2D eigenvalue weighted by molar-refractivity contribution is -0.0608. The van der Waals surface area contributed by atoms with Crippen molar-refractivity contribution in [1.29, 1.82) is 0 Å². The number of alkyl halides is 3. The van der Waals surface area contributed by atoms with Crippen LogP contribution in [0.2, 0.25) is 0 Å². The number of ether oxygens (including phenoxy) is 2. The third kappa shape index (κ3) is 1.89. The van der Waals surface area contributed by atoms with Crippen molar-refractivity contribution < 1.29 is 35.2 Å². The number of halogens is 3. The molecule has 0 amide bonds. The highest BCUT2D eigenvalue weighted by atomic mass is 32.2. The second kappa shape index (κ2) is 3.60. The molecule has 1 fully saturated rings. The zero-order valence-corrected chi connectivity index (χ0v) is 8.49. The number of hydrogen-bond donors (Lipinski definition) is 0. The lowest BCUT2D eigenvalue weighted by Gasteiger charge is -2.17. The summed E-state index contributed by atoms with van der Waals surface area (Å²) in [4.78, 5) is 0. The van der Waals surface area contributed by atoms with Crippen molar-refractivity contribution in [1.82, 2.24) is 0 Å². The van der Waals surface area contributed by atoms with E-state index in [-0.39, 0.29) is 6.61 Å². The van der Waals surface area contributed by atoms with Gasteiger partial charge < -0.3 is 9.47 Å². The van der Waals surface area contributed by atoms with Crippen LogP contribution in [0.4, 0.5) is 13.2 Å². The van der Waals surface area contributed by atoms with Crippen LogP contribution in [-0.2, 0) is 23.8 Å². The van der Waals surface area contributed by atoms with Crippen LogP contribution >= 0.6 is 0 Å². The summed E-state index contributed by atoms with van der Waals surface area (Å²) < 4.78 is 71.4. The molecule has 9 heteroatoms. The molecule has 2 aliphatic rings. The average Bonchev–Trinajstić information content (AvgIpc) is 2.67. The third-order valence-corrected chi connectivity index (χ3v) is 3.25. The molecule has 2 rings (SSSR count). The van der Waals surface area contributed by atoms with Crippen LogP contribution in [0, 0.1) is 0 Å². The van der Waals surface area contributed by atoms with Crippen molar-refractivity contribution in [3.05, 3.63) is 12.3 Å². The molecule has 0 aromatic rings. The van der Waals surface area contributed by atoms with Crippen molar-refractivity contribution in [2.24, 2.45) is 0 Å². The van der Waals surface area contributed by atoms with Crippen molar-refractivity contribution >= 4 is 10.1 Å². The standard InChI is InChI=1S/C7H7F3O5S/c8-7(9,10)16(11,12)15-5-3-14-4-1-2-13-6(4)5/h1-2,4-6H,3H2/t4-,5-,6-/m1/s1. The minimum absolute atomic E-state index is 0.255. The zero-order valence-electron chi connectivity index (χ0n) is 7.68. The van der Waals surface area contributed by atoms with Crippen LogP contribution in [0.25, 0.3) is 0 Å². The molecule has 0 saturated carbocycles. The molecular formula is C7H7F3O5S. The van der Waals surface area contributed by atoms with Crippen molar-refractivity contribution in [3.63, 3.8) is 0 Å². The Hall–Kier alpha value is -0.800. The van der Waals surface area contributed by atoms with E-state index in [4.69, 9.17) is 9.47 Å². The van der Waals surface area contributed by atoms with Gasteiger partial charge in [0.2, 0.25) is 0 Å². The molecule has 0 spiro atoms. The summed E-state index contributed by atoms with van der Waals surface area (Å²) in [6.45, 7) is -0.255. The first-order valence-electron chi connectivity index (χ1n) is 4.24. The Labute approximate surface area is 88.9 Å². The largest absolute Gasteiger partial charge is 0.523 e. The van der Waals surface area contributed by atoms with E-state index in [1.807, 2.05) is 0 Å². The Kier molecular flexibility index (Phi) is 2.63. The first-order chi connectivity index (χ1) is 7.31. The van der Waals surface area contributed by atoms with Crippen LogP contribution in [0.5, 0.6) is 0 Å². The van der Waals surface area contributed by atoms with Gasteiger partial charge in [0, 0.05) is 0 Å². The van der Waals surface area contributed by atoms with Gasteiger partial charge in [-0.1, -0.05) is 0 Å². The third-order valence-electron chi connectivity index (χ3n) is 2.18. The molecule has 0 aromatic carbocycles. The maximum absolute atomic E-state index is 12.0. The van der Waals surface area contributed by atoms with Crippen LogP contribution < -0.4 is 0 Å². The Bertz CT molecular complexity index is 401. The van der Waals surface area contributed by atoms with Gasteiger partial charge in [-0.2, -0.15) is 21.6 Å². The van der Waals surface area contributed by atoms with E-state index >= 15 is 0 Å². The van der Waals surface area contributed by atoms with E-state index < -0.39 is 33.9 Å². The highest BCUT2D eigenvalue weighted by Gasteiger charge is 2.52. The molecular weight excluding hydrogens is 253 g/mol. The van der Waals surface area contributed by atoms with E-state index in [1.165, 1.54) is 12.3 Å². The van der Waals surface area contributed by atoms with Crippen LogP contribution in [0.1, 0.15) is 0 Å². The van der Waals surface area contributed by atoms with Gasteiger partial charge in [-0.15, -0.1) is 0 Å². The SMILES string of the molecule is O=S(=O)(O[C@@H]1CO[C@@H]2C=CO[C@H]21)C(F)(F)F. The van der Waals surface area contributed by atoms with Gasteiger partial charge in [0.15, 0.2) is 6.10 Å². The summed E-state index contributed by atoms with van der Waals surface area (Å²) in [7, 11) is -5.61. The molecule has 16 heavy (non-hydrogen) atoms. The van der Waals surface area contributed by atoms with Gasteiger partial charge in [0.05, 0.1) is 12.9 Å². The predicted molar refractivity (Wildman–Crippen MR) is 43.6 cm³/mol. The van der Waals surface area contributed by atoms with Crippen molar-refractivity contribution in [2.45, 2.75) is 23.8 Å². The molecule has 2 heterocycles. The lowest BCUT2D eigenvalue weighted by atomic mass is 10.2. The van der Waals surface area contributed by atoms with Gasteiger partial charge in [0.1, 0.15) is 12.2 Å². The monoisotopic (exact) mass is 260 g/mol. The summed E-state index contributed by atoms with van der Waals surface area (Å²) in [6.07, 6.45) is 0.0661. The smallest absolute Gasteiger partial charge is 0.492 e. The van der Waals surface area contributed by atoms with E-state index in [2.05, 4.69) is 4.18 Å². The molecule has 2 aliphatic heterocycles. The average molecular weight is 260 g/mol. The second-order valence-corrected chi connectivity index (χ2v) is 4.83. The van der Waals surface area contributed by atoms with Crippen LogP contribution in [0.3, 0.4) is 0 Å². The molecule has 0 N–H and O–H groups in total. The normalized spacial score (nSPS) is 33.8. The number of rotatable bonds is 2. The van der Waals surface area contributed by atoms with Gasteiger partial charge in [-0.25, -0.2) is 0 Å². The summed E-state index contributed by atoms with van der Waals surface area (Å²) in [5.74, 6) is 0. The van der Waals surface area contributed by atoms with Crippen LogP contribution in [-0.4, -0.2) is 38.8 Å². The van der Waals surface area contributed by atoms with E-state index in [0.29, 0.717) is 0 Å². The first-order valence-corrected chi connectivity index (χ1v) is 5.65. The molecule has 0 radical (unpaired) electrons. The fourth-order valence-electron chi connectivity index (χ4n) is 1.45. The molecule has 1 saturated heterocycles. The van der Waals surface area contributed by atoms with Crippen molar-refractivity contribution in [2.75, 3.05) is 6.61 Å². The maximum Gasteiger partial charge on any atom is 0.523 e. The zero-order chi connectivity index (χ0) is 12.0. The quantitative estimate of drug-likeness (QED) is 0.535. The number of hydrogen-bond acceptors (Lipinski definition) is 5. The van der Waals surface area contributed by atoms with Crippen LogP contribution in [0.15, 0.2) is 12.3 Å². The highest BCUT2D eigenvalue weighted by Crippen LogP contribution is 2.31. The fraction of sp³-hybridized carbons (Fsp3) is 0.714. The molecule has 3 atom stereocenters. The Morgan fingerprint density at radius 3 is 2.69 bits per heavy atom. The molecule has 0 bridgehead atoms. The Morgan fingerprint density at radius 2 is 2.06 bits per heavy atom. The molecule has 5 nitrogen and oxygen atoms in total. The summed E-state index contributed by atoms with van der Waals surface area (Å²) in [5.41, 5.74) is -5.43. The fourth-order valence-corrected chi connectivity index (χ4v) is 2.05. The van der Waals surface area contributed by atoms with E-state index in [1.54, 1.807) is 0 Å². The Morgan fingerprint density at radius 1 is 1.38 bits per heavy atom. The number of fused-ring (bicyclic) bond motifs is 1. The minimum Gasteiger partial charge on any atom is -0.492 e. The molecule has 0 unspecified atom stereocenters. The van der Waals surface area contributed by atoms with Gasteiger partial charge in [-0.3, -0.25) is 4.18 Å². The second-order valence-electron chi connectivity index (χ2n) is 3.26. The summed E-state index contributed by atoms with van der Waals surface area (Å²) >= 11 is 0. The summed E-state index contributed by atoms with van der Waals surface area (Å²) in [6, 6.07) is 0. The Balaban J connectivity index is 2.07.